The smallest absolute Gasteiger partial charge is 0.273 e. The predicted molar refractivity (Wildman–Crippen MR) is 127 cm³/mol. The summed E-state index contributed by atoms with van der Waals surface area (Å²) in [6.07, 6.45) is 6.49. The zero-order valence-corrected chi connectivity index (χ0v) is 19.5. The first-order valence-electron chi connectivity index (χ1n) is 12.5. The summed E-state index contributed by atoms with van der Waals surface area (Å²) in [5.74, 6) is -0.111. The molecule has 3 aliphatic rings. The molecule has 5 rings (SSSR count). The van der Waals surface area contributed by atoms with Gasteiger partial charge in [-0.1, -0.05) is 44.4 Å². The van der Waals surface area contributed by atoms with Gasteiger partial charge in [0.15, 0.2) is 0 Å². The molecule has 1 atom stereocenters. The second-order valence-electron chi connectivity index (χ2n) is 9.55. The second kappa shape index (κ2) is 9.77. The average molecular weight is 451 g/mol. The zero-order valence-electron chi connectivity index (χ0n) is 19.5. The third kappa shape index (κ3) is 4.49. The summed E-state index contributed by atoms with van der Waals surface area (Å²) in [4.78, 5) is 36.1. The van der Waals surface area contributed by atoms with Gasteiger partial charge < -0.3 is 15.0 Å². The van der Waals surface area contributed by atoms with Crippen molar-refractivity contribution in [3.05, 3.63) is 41.1 Å². The van der Waals surface area contributed by atoms with Crippen molar-refractivity contribution < 1.29 is 14.3 Å². The Labute approximate surface area is 195 Å². The highest BCUT2D eigenvalue weighted by Crippen LogP contribution is 2.34. The third-order valence-electron chi connectivity index (χ3n) is 7.44. The van der Waals surface area contributed by atoms with E-state index < -0.39 is 0 Å². The molecular weight excluding hydrogens is 416 g/mol. The molecule has 2 aliphatic heterocycles. The van der Waals surface area contributed by atoms with Crippen LogP contribution in [-0.2, 0) is 11.3 Å². The van der Waals surface area contributed by atoms with Gasteiger partial charge in [0.05, 0.1) is 24.3 Å². The molecule has 0 bridgehead atoms. The molecule has 1 aromatic heterocycles. The standard InChI is InChI=1S/C26H34N4O3/c1-2-18(16-29-12-14-33-15-13-29)27-25(31)23-20-10-6-7-11-22(20)28-24-21(23)17-30(26(24)32)19-8-4-3-5-9-19/h6-7,10-11,18-19H,2-5,8-9,12-17H2,1H3,(H,27,31)/t18-/m0/s1. The minimum absolute atomic E-state index is 0.0166. The Bertz CT molecular complexity index is 1030. The summed E-state index contributed by atoms with van der Waals surface area (Å²) in [5, 5.41) is 4.11. The maximum absolute atomic E-state index is 13.7. The molecule has 2 fully saturated rings. The van der Waals surface area contributed by atoms with Gasteiger partial charge in [0.2, 0.25) is 0 Å². The number of nitrogens with one attached hydrogen (secondary N) is 1. The Morgan fingerprint density at radius 3 is 2.70 bits per heavy atom. The number of pyridine rings is 1. The van der Waals surface area contributed by atoms with Crippen molar-refractivity contribution in [1.29, 1.82) is 0 Å². The van der Waals surface area contributed by atoms with E-state index in [1.54, 1.807) is 0 Å². The molecule has 0 spiro atoms. The van der Waals surface area contributed by atoms with Gasteiger partial charge in [0, 0.05) is 49.2 Å². The number of amides is 2. The molecule has 1 N–H and O–H groups in total. The Kier molecular flexibility index (Phi) is 6.60. The number of carbonyl (C=O) groups excluding carboxylic acids is 2. The van der Waals surface area contributed by atoms with E-state index >= 15 is 0 Å². The first kappa shape index (κ1) is 22.3. The molecule has 0 radical (unpaired) electrons. The summed E-state index contributed by atoms with van der Waals surface area (Å²) in [6, 6.07) is 8.00. The van der Waals surface area contributed by atoms with Gasteiger partial charge in [-0.15, -0.1) is 0 Å². The van der Waals surface area contributed by atoms with Crippen molar-refractivity contribution in [2.24, 2.45) is 0 Å². The van der Waals surface area contributed by atoms with Gasteiger partial charge in [0.1, 0.15) is 5.69 Å². The Hall–Kier alpha value is -2.51. The fourth-order valence-electron chi connectivity index (χ4n) is 5.54. The molecule has 1 saturated carbocycles. The molecule has 2 amide bonds. The van der Waals surface area contributed by atoms with Crippen LogP contribution in [-0.4, -0.2) is 71.5 Å². The number of nitrogens with zero attached hydrogens (tertiary/aromatic N) is 3. The van der Waals surface area contributed by atoms with Crippen LogP contribution in [0.25, 0.3) is 10.9 Å². The Morgan fingerprint density at radius 2 is 1.94 bits per heavy atom. The van der Waals surface area contributed by atoms with E-state index in [9.17, 15) is 9.59 Å². The quantitative estimate of drug-likeness (QED) is 0.731. The normalized spacial score (nSPS) is 20.8. The highest BCUT2D eigenvalue weighted by atomic mass is 16.5. The van der Waals surface area contributed by atoms with Crippen LogP contribution in [0.1, 0.15) is 71.9 Å². The van der Waals surface area contributed by atoms with Crippen LogP contribution in [0.15, 0.2) is 24.3 Å². The lowest BCUT2D eigenvalue weighted by molar-refractivity contribution is 0.0331. The van der Waals surface area contributed by atoms with Gasteiger partial charge in [-0.2, -0.15) is 0 Å². The second-order valence-corrected chi connectivity index (χ2v) is 9.55. The van der Waals surface area contributed by atoms with E-state index in [1.165, 1.54) is 6.42 Å². The number of para-hydroxylation sites is 1. The van der Waals surface area contributed by atoms with Crippen molar-refractivity contribution in [1.82, 2.24) is 20.1 Å². The lowest BCUT2D eigenvalue weighted by Gasteiger charge is -2.31. The number of benzene rings is 1. The fourth-order valence-corrected chi connectivity index (χ4v) is 5.54. The van der Waals surface area contributed by atoms with Gasteiger partial charge in [-0.3, -0.25) is 14.5 Å². The largest absolute Gasteiger partial charge is 0.379 e. The topological polar surface area (TPSA) is 74.8 Å². The molecule has 7 heteroatoms. The monoisotopic (exact) mass is 450 g/mol. The maximum Gasteiger partial charge on any atom is 0.273 e. The van der Waals surface area contributed by atoms with Crippen LogP contribution in [0, 0.1) is 0 Å². The number of hydrogen-bond acceptors (Lipinski definition) is 5. The average Bonchev–Trinajstić information content (AvgIpc) is 3.19. The van der Waals surface area contributed by atoms with Crippen LogP contribution in [0.4, 0.5) is 0 Å². The van der Waals surface area contributed by atoms with Gasteiger partial charge >= 0.3 is 0 Å². The molecular formula is C26H34N4O3. The van der Waals surface area contributed by atoms with Crippen molar-refractivity contribution in [2.45, 2.75) is 64.1 Å². The molecule has 3 heterocycles. The zero-order chi connectivity index (χ0) is 22.8. The lowest BCUT2D eigenvalue weighted by Crippen LogP contribution is -2.47. The van der Waals surface area contributed by atoms with E-state index in [-0.39, 0.29) is 23.9 Å². The number of carbonyl (C=O) groups is 2. The lowest BCUT2D eigenvalue weighted by atomic mass is 9.94. The summed E-state index contributed by atoms with van der Waals surface area (Å²) in [5.41, 5.74) is 2.60. The van der Waals surface area contributed by atoms with Gasteiger partial charge in [0.25, 0.3) is 11.8 Å². The van der Waals surface area contributed by atoms with Crippen LogP contribution < -0.4 is 5.32 Å². The predicted octanol–water partition coefficient (Wildman–Crippen LogP) is 3.36. The van der Waals surface area contributed by atoms with E-state index in [0.29, 0.717) is 23.3 Å². The molecule has 33 heavy (non-hydrogen) atoms. The van der Waals surface area contributed by atoms with E-state index in [1.807, 2.05) is 29.2 Å². The Balaban J connectivity index is 1.45. The number of fused-ring (bicyclic) bond motifs is 2. The summed E-state index contributed by atoms with van der Waals surface area (Å²) in [6.45, 7) is 6.67. The number of morpholine rings is 1. The minimum Gasteiger partial charge on any atom is -0.379 e. The van der Waals surface area contributed by atoms with Crippen molar-refractivity contribution in [2.75, 3.05) is 32.8 Å². The molecule has 0 unspecified atom stereocenters. The van der Waals surface area contributed by atoms with Crippen LogP contribution in [0.5, 0.6) is 0 Å². The third-order valence-corrected chi connectivity index (χ3v) is 7.44. The molecule has 7 nitrogen and oxygen atoms in total. The Morgan fingerprint density at radius 1 is 1.18 bits per heavy atom. The number of aromatic nitrogens is 1. The van der Waals surface area contributed by atoms with Crippen molar-refractivity contribution >= 4 is 22.7 Å². The van der Waals surface area contributed by atoms with E-state index in [4.69, 9.17) is 9.72 Å². The first-order chi connectivity index (χ1) is 16.2. The summed E-state index contributed by atoms with van der Waals surface area (Å²) in [7, 11) is 0. The first-order valence-corrected chi connectivity index (χ1v) is 12.5. The van der Waals surface area contributed by atoms with Crippen LogP contribution >= 0.6 is 0 Å². The summed E-state index contributed by atoms with van der Waals surface area (Å²) < 4.78 is 5.46. The number of hydrogen-bond donors (Lipinski definition) is 1. The maximum atomic E-state index is 13.7. The molecule has 1 aromatic carbocycles. The number of ether oxygens (including phenoxy) is 1. The van der Waals surface area contributed by atoms with Crippen LogP contribution in [0.3, 0.4) is 0 Å². The molecule has 176 valence electrons. The van der Waals surface area contributed by atoms with Gasteiger partial charge in [-0.25, -0.2) is 4.98 Å². The van der Waals surface area contributed by atoms with Crippen molar-refractivity contribution in [3.8, 4) is 0 Å². The van der Waals surface area contributed by atoms with Crippen molar-refractivity contribution in [3.63, 3.8) is 0 Å². The minimum atomic E-state index is -0.0942. The summed E-state index contributed by atoms with van der Waals surface area (Å²) >= 11 is 0. The highest BCUT2D eigenvalue weighted by Gasteiger charge is 2.38. The fraction of sp³-hybridized carbons (Fsp3) is 0.577. The number of rotatable bonds is 6. The molecule has 2 aromatic rings. The van der Waals surface area contributed by atoms with E-state index in [2.05, 4.69) is 17.1 Å². The van der Waals surface area contributed by atoms with Gasteiger partial charge in [-0.05, 0) is 25.3 Å². The van der Waals surface area contributed by atoms with E-state index in [0.717, 1.165) is 75.9 Å². The molecule has 1 aliphatic carbocycles. The molecule has 1 saturated heterocycles. The van der Waals surface area contributed by atoms with Crippen LogP contribution in [0.2, 0.25) is 0 Å². The SMILES string of the molecule is CC[C@@H](CN1CCOCC1)NC(=O)c1c2c(nc3ccccc13)C(=O)N(C1CCCCC1)C2. The highest BCUT2D eigenvalue weighted by molar-refractivity contribution is 6.11.